The number of Topliss-reactive ketones (excluding diaryl/α,β-unsaturated/α-hetero) is 1. The normalized spacial score (nSPS) is 16.6. The summed E-state index contributed by atoms with van der Waals surface area (Å²) in [7, 11) is 1.60. The molecule has 1 aliphatic heterocycles. The maximum Gasteiger partial charge on any atom is 0.308 e. The highest BCUT2D eigenvalue weighted by atomic mass is 16.5. The van der Waals surface area contributed by atoms with E-state index >= 15 is 0 Å². The van der Waals surface area contributed by atoms with E-state index in [-0.39, 0.29) is 37.1 Å². The lowest BCUT2D eigenvalue weighted by Crippen LogP contribution is -2.27. The zero-order valence-electron chi connectivity index (χ0n) is 22.2. The minimum atomic E-state index is -0.908. The Morgan fingerprint density at radius 3 is 2.58 bits per heavy atom. The van der Waals surface area contributed by atoms with Crippen LogP contribution in [0.3, 0.4) is 0 Å². The van der Waals surface area contributed by atoms with E-state index in [9.17, 15) is 19.5 Å². The fourth-order valence-electron chi connectivity index (χ4n) is 4.94. The summed E-state index contributed by atoms with van der Waals surface area (Å²) in [5, 5.41) is 15.9. The van der Waals surface area contributed by atoms with E-state index in [0.29, 0.717) is 29.4 Å². The number of hydrogen-bond acceptors (Lipinski definition) is 8. The van der Waals surface area contributed by atoms with Crippen molar-refractivity contribution in [2.45, 2.75) is 19.3 Å². The highest BCUT2D eigenvalue weighted by Crippen LogP contribution is 2.33. The van der Waals surface area contributed by atoms with Crippen molar-refractivity contribution in [2.24, 2.45) is 5.92 Å². The lowest BCUT2D eigenvalue weighted by atomic mass is 9.89. The zero-order valence-corrected chi connectivity index (χ0v) is 22.2. The summed E-state index contributed by atoms with van der Waals surface area (Å²) in [5.41, 5.74) is 4.46. The second-order valence-electron chi connectivity index (χ2n) is 9.84. The highest BCUT2D eigenvalue weighted by molar-refractivity contribution is 5.86. The number of aliphatic carboxylic acids is 1. The summed E-state index contributed by atoms with van der Waals surface area (Å²) in [6.45, 7) is 2.18. The van der Waals surface area contributed by atoms with Gasteiger partial charge in [-0.15, -0.1) is 0 Å². The van der Waals surface area contributed by atoms with Gasteiger partial charge in [-0.3, -0.25) is 14.4 Å². The fraction of sp³-hybridized carbons (Fsp3) is 0.267. The molecule has 40 heavy (non-hydrogen) atoms. The molecule has 0 radical (unpaired) electrons. The molecule has 3 aromatic carbocycles. The molecule has 0 aliphatic carbocycles. The van der Waals surface area contributed by atoms with Gasteiger partial charge in [-0.1, -0.05) is 24.3 Å². The predicted octanol–water partition coefficient (Wildman–Crippen LogP) is 4.45. The number of carboxylic acids is 1. The first-order valence-electron chi connectivity index (χ1n) is 12.9. The standard InChI is InChI=1S/C30H30N4O6/c1-18(35)34-16-25(26(17-34)29(37)38)20-7-9-21(10-8-20)31-15-23(36)12-19-6-11-27-28(13-19)40-30(33-27)32-22-4-3-5-24(14-22)39-2/h3-11,13-14,25-26,31H,12,15-17H2,1-2H3,(H,32,33)(H,37,38). The Bertz CT molecular complexity index is 1550. The second-order valence-corrected chi connectivity index (χ2v) is 9.84. The molecule has 0 spiro atoms. The van der Waals surface area contributed by atoms with Crippen molar-refractivity contribution >= 4 is 46.1 Å². The van der Waals surface area contributed by atoms with Gasteiger partial charge in [0.25, 0.3) is 6.01 Å². The topological polar surface area (TPSA) is 134 Å². The molecular weight excluding hydrogens is 512 g/mol. The molecule has 1 saturated heterocycles. The molecule has 2 heterocycles. The van der Waals surface area contributed by atoms with Crippen molar-refractivity contribution in [2.75, 3.05) is 37.4 Å². The van der Waals surface area contributed by atoms with Crippen molar-refractivity contribution < 1.29 is 28.6 Å². The Morgan fingerprint density at radius 1 is 1.05 bits per heavy atom. The molecule has 1 amide bonds. The van der Waals surface area contributed by atoms with Gasteiger partial charge in [-0.25, -0.2) is 0 Å². The van der Waals surface area contributed by atoms with E-state index in [1.807, 2.05) is 66.7 Å². The molecule has 10 nitrogen and oxygen atoms in total. The lowest BCUT2D eigenvalue weighted by molar-refractivity contribution is -0.141. The van der Waals surface area contributed by atoms with Gasteiger partial charge in [0.2, 0.25) is 5.91 Å². The van der Waals surface area contributed by atoms with Gasteiger partial charge in [0.05, 0.1) is 19.6 Å². The summed E-state index contributed by atoms with van der Waals surface area (Å²) in [5.74, 6) is -1.23. The number of carboxylic acid groups (broad SMARTS) is 1. The van der Waals surface area contributed by atoms with E-state index < -0.39 is 11.9 Å². The summed E-state index contributed by atoms with van der Waals surface area (Å²) in [4.78, 5) is 42.2. The van der Waals surface area contributed by atoms with Crippen LogP contribution in [0.2, 0.25) is 0 Å². The largest absolute Gasteiger partial charge is 0.497 e. The molecule has 5 rings (SSSR count). The number of oxazole rings is 1. The van der Waals surface area contributed by atoms with Crippen molar-refractivity contribution in [3.63, 3.8) is 0 Å². The Balaban J connectivity index is 1.17. The van der Waals surface area contributed by atoms with Crippen molar-refractivity contribution in [1.29, 1.82) is 0 Å². The number of nitrogens with one attached hydrogen (secondary N) is 2. The zero-order chi connectivity index (χ0) is 28.2. The van der Waals surface area contributed by atoms with E-state index in [0.717, 1.165) is 22.5 Å². The first-order chi connectivity index (χ1) is 19.3. The van der Waals surface area contributed by atoms with Gasteiger partial charge in [-0.05, 0) is 47.5 Å². The summed E-state index contributed by atoms with van der Waals surface area (Å²) >= 11 is 0. The molecule has 1 aromatic heterocycles. The Labute approximate surface area is 231 Å². The van der Waals surface area contributed by atoms with Gasteiger partial charge in [0.1, 0.15) is 11.3 Å². The molecule has 3 N–H and O–H groups in total. The van der Waals surface area contributed by atoms with Crippen molar-refractivity contribution in [1.82, 2.24) is 9.88 Å². The molecule has 4 aromatic rings. The number of ether oxygens (including phenoxy) is 1. The van der Waals surface area contributed by atoms with Crippen LogP contribution in [0.15, 0.2) is 71.1 Å². The van der Waals surface area contributed by atoms with E-state index in [2.05, 4.69) is 15.6 Å². The van der Waals surface area contributed by atoms with E-state index in [1.165, 1.54) is 6.92 Å². The average Bonchev–Trinajstić information content (AvgIpc) is 3.57. The molecular formula is C30H30N4O6. The Hall–Kier alpha value is -4.86. The molecule has 2 unspecified atom stereocenters. The number of carbonyl (C=O) groups excluding carboxylic acids is 2. The number of carbonyl (C=O) groups is 3. The third kappa shape index (κ3) is 6.06. The fourth-order valence-corrected chi connectivity index (χ4v) is 4.94. The van der Waals surface area contributed by atoms with Crippen LogP contribution in [-0.2, 0) is 20.8 Å². The van der Waals surface area contributed by atoms with Crippen LogP contribution in [0.4, 0.5) is 17.4 Å². The summed E-state index contributed by atoms with van der Waals surface area (Å²) < 4.78 is 11.1. The number of benzene rings is 3. The number of hydrogen-bond donors (Lipinski definition) is 3. The van der Waals surface area contributed by atoms with Crippen LogP contribution in [0.25, 0.3) is 11.1 Å². The number of nitrogens with zero attached hydrogens (tertiary/aromatic N) is 2. The molecule has 1 fully saturated rings. The average molecular weight is 543 g/mol. The molecule has 0 saturated carbocycles. The maximum absolute atomic E-state index is 12.7. The molecule has 10 heteroatoms. The van der Waals surface area contributed by atoms with Gasteiger partial charge in [0, 0.05) is 49.8 Å². The number of anilines is 3. The van der Waals surface area contributed by atoms with Gasteiger partial charge in [-0.2, -0.15) is 4.98 Å². The molecule has 1 aliphatic rings. The second kappa shape index (κ2) is 11.5. The monoisotopic (exact) mass is 542 g/mol. The molecule has 0 bridgehead atoms. The highest BCUT2D eigenvalue weighted by Gasteiger charge is 2.39. The van der Waals surface area contributed by atoms with Gasteiger partial charge in [0.15, 0.2) is 11.4 Å². The number of amides is 1. The summed E-state index contributed by atoms with van der Waals surface area (Å²) in [6.07, 6.45) is 0.226. The van der Waals surface area contributed by atoms with Gasteiger partial charge >= 0.3 is 5.97 Å². The smallest absolute Gasteiger partial charge is 0.308 e. The van der Waals surface area contributed by atoms with Crippen molar-refractivity contribution in [3.8, 4) is 5.75 Å². The third-order valence-electron chi connectivity index (χ3n) is 7.09. The quantitative estimate of drug-likeness (QED) is 0.266. The number of rotatable bonds is 10. The lowest BCUT2D eigenvalue weighted by Gasteiger charge is -2.16. The Kier molecular flexibility index (Phi) is 7.68. The van der Waals surface area contributed by atoms with Crippen LogP contribution in [0.1, 0.15) is 24.0 Å². The number of aromatic nitrogens is 1. The number of fused-ring (bicyclic) bond motifs is 1. The SMILES string of the molecule is COc1cccc(Nc2nc3ccc(CC(=O)CNc4ccc(C5CN(C(C)=O)CC5C(=O)O)cc4)cc3o2)c1. The van der Waals surface area contributed by atoms with Crippen molar-refractivity contribution in [3.05, 3.63) is 77.9 Å². The van der Waals surface area contributed by atoms with Crippen LogP contribution in [0, 0.1) is 5.92 Å². The summed E-state index contributed by atoms with van der Waals surface area (Å²) in [6, 6.07) is 20.6. The van der Waals surface area contributed by atoms with E-state index in [1.54, 1.807) is 12.0 Å². The first kappa shape index (κ1) is 26.7. The van der Waals surface area contributed by atoms with Crippen LogP contribution in [0.5, 0.6) is 5.75 Å². The predicted molar refractivity (Wildman–Crippen MR) is 150 cm³/mol. The Morgan fingerprint density at radius 2 is 1.85 bits per heavy atom. The number of methoxy groups -OCH3 is 1. The van der Waals surface area contributed by atoms with Crippen LogP contribution in [-0.4, -0.2) is 59.4 Å². The first-order valence-corrected chi connectivity index (χ1v) is 12.9. The van der Waals surface area contributed by atoms with E-state index in [4.69, 9.17) is 9.15 Å². The number of likely N-dealkylation sites (tertiary alicyclic amines) is 1. The van der Waals surface area contributed by atoms with Crippen LogP contribution < -0.4 is 15.4 Å². The van der Waals surface area contributed by atoms with Gasteiger partial charge < -0.3 is 29.8 Å². The molecule has 2 atom stereocenters. The minimum absolute atomic E-state index is 0.00324. The van der Waals surface area contributed by atoms with Crippen LogP contribution >= 0.6 is 0 Å². The third-order valence-corrected chi connectivity index (χ3v) is 7.09. The number of ketones is 1. The minimum Gasteiger partial charge on any atom is -0.497 e. The maximum atomic E-state index is 12.7. The molecule has 206 valence electrons.